The van der Waals surface area contributed by atoms with Crippen LogP contribution in [-0.4, -0.2) is 43.5 Å². The number of carbonyl (C=O) groups excluding carboxylic acids is 1. The van der Waals surface area contributed by atoms with Crippen molar-refractivity contribution in [3.63, 3.8) is 0 Å². The molecule has 1 aliphatic rings. The molecule has 1 aromatic rings. The smallest absolute Gasteiger partial charge is 0.309 e. The summed E-state index contributed by atoms with van der Waals surface area (Å²) in [5.74, 6) is -1.14. The number of hydrogen-bond donors (Lipinski definition) is 1. The fourth-order valence-corrected chi connectivity index (χ4v) is 4.68. The van der Waals surface area contributed by atoms with E-state index < -0.39 is 15.8 Å². The molecule has 23 heavy (non-hydrogen) atoms. The molecule has 128 valence electrons. The van der Waals surface area contributed by atoms with E-state index >= 15 is 0 Å². The van der Waals surface area contributed by atoms with E-state index in [0.717, 1.165) is 6.07 Å². The number of piperidine rings is 1. The molecule has 0 spiro atoms. The second kappa shape index (κ2) is 7.25. The molecule has 0 atom stereocenters. The minimum absolute atomic E-state index is 0.118. The number of ether oxygens (including phenoxy) is 1. The molecule has 1 heterocycles. The van der Waals surface area contributed by atoms with Crippen LogP contribution in [0, 0.1) is 5.92 Å². The Labute approximate surface area is 145 Å². The number of rotatable bonds is 4. The lowest BCUT2D eigenvalue weighted by Crippen LogP contribution is -2.40. The van der Waals surface area contributed by atoms with Crippen molar-refractivity contribution in [2.24, 2.45) is 5.92 Å². The first kappa shape index (κ1) is 18.3. The van der Waals surface area contributed by atoms with Gasteiger partial charge in [0.05, 0.1) is 17.5 Å². The van der Waals surface area contributed by atoms with Crippen LogP contribution in [0.5, 0.6) is 5.75 Å². The number of halogens is 2. The third kappa shape index (κ3) is 3.91. The third-order valence-corrected chi connectivity index (χ3v) is 6.10. The van der Waals surface area contributed by atoms with Crippen LogP contribution < -0.4 is 0 Å². The average Bonchev–Trinajstić information content (AvgIpc) is 2.51. The zero-order valence-electron chi connectivity index (χ0n) is 12.5. The van der Waals surface area contributed by atoms with Crippen LogP contribution in [0.4, 0.5) is 0 Å². The van der Waals surface area contributed by atoms with Gasteiger partial charge in [-0.2, -0.15) is 4.31 Å². The molecule has 1 saturated heterocycles. The second-order valence-electron chi connectivity index (χ2n) is 5.16. The number of sulfonamides is 1. The minimum Gasteiger partial charge on any atom is -0.505 e. The van der Waals surface area contributed by atoms with Crippen molar-refractivity contribution in [2.45, 2.75) is 24.7 Å². The third-order valence-electron chi connectivity index (χ3n) is 3.68. The standard InChI is InChI=1S/C14H17Cl2NO5S/c1-2-22-14(19)9-3-5-17(6-4-9)23(20,21)12-8-10(15)7-11(16)13(12)18/h7-9,18H,2-6H2,1H3. The van der Waals surface area contributed by atoms with Crippen molar-refractivity contribution in [3.8, 4) is 5.75 Å². The molecule has 0 bridgehead atoms. The summed E-state index contributed by atoms with van der Waals surface area (Å²) in [5.41, 5.74) is 0. The number of nitrogens with zero attached hydrogens (tertiary/aromatic N) is 1. The summed E-state index contributed by atoms with van der Waals surface area (Å²) in [6.45, 7) is 2.35. The largest absolute Gasteiger partial charge is 0.505 e. The van der Waals surface area contributed by atoms with E-state index in [1.807, 2.05) is 0 Å². The fraction of sp³-hybridized carbons (Fsp3) is 0.500. The molecule has 0 saturated carbocycles. The Hall–Kier alpha value is -1.02. The first-order valence-electron chi connectivity index (χ1n) is 7.12. The number of esters is 1. The molecule has 0 aromatic heterocycles. The molecule has 1 fully saturated rings. The minimum atomic E-state index is -3.94. The van der Waals surface area contributed by atoms with E-state index in [4.69, 9.17) is 27.9 Å². The Morgan fingerprint density at radius 2 is 1.96 bits per heavy atom. The first-order chi connectivity index (χ1) is 10.8. The van der Waals surface area contributed by atoms with Crippen molar-refractivity contribution in [2.75, 3.05) is 19.7 Å². The van der Waals surface area contributed by atoms with Crippen molar-refractivity contribution in [3.05, 3.63) is 22.2 Å². The van der Waals surface area contributed by atoms with Gasteiger partial charge in [-0.25, -0.2) is 8.42 Å². The van der Waals surface area contributed by atoms with Gasteiger partial charge in [-0.3, -0.25) is 4.79 Å². The number of phenols is 1. The molecule has 9 heteroatoms. The summed E-state index contributed by atoms with van der Waals surface area (Å²) in [7, 11) is -3.94. The van der Waals surface area contributed by atoms with Gasteiger partial charge < -0.3 is 9.84 Å². The van der Waals surface area contributed by atoms with Crippen molar-refractivity contribution >= 4 is 39.2 Å². The highest BCUT2D eigenvalue weighted by Gasteiger charge is 2.34. The molecular formula is C14H17Cl2NO5S. The lowest BCUT2D eigenvalue weighted by molar-refractivity contribution is -0.149. The molecule has 1 aliphatic heterocycles. The summed E-state index contributed by atoms with van der Waals surface area (Å²) in [4.78, 5) is 11.4. The van der Waals surface area contributed by atoms with E-state index in [0.29, 0.717) is 19.4 Å². The van der Waals surface area contributed by atoms with Crippen LogP contribution in [0.3, 0.4) is 0 Å². The van der Waals surface area contributed by atoms with Crippen molar-refractivity contribution in [1.82, 2.24) is 4.31 Å². The van der Waals surface area contributed by atoms with Crippen LogP contribution in [0.15, 0.2) is 17.0 Å². The molecule has 0 amide bonds. The van der Waals surface area contributed by atoms with Crippen molar-refractivity contribution in [1.29, 1.82) is 0 Å². The molecule has 6 nitrogen and oxygen atoms in total. The normalized spacial score (nSPS) is 17.2. The summed E-state index contributed by atoms with van der Waals surface area (Å²) < 4.78 is 31.5. The van der Waals surface area contributed by atoms with Crippen LogP contribution >= 0.6 is 23.2 Å². The number of hydrogen-bond acceptors (Lipinski definition) is 5. The SMILES string of the molecule is CCOC(=O)C1CCN(S(=O)(=O)c2cc(Cl)cc(Cl)c2O)CC1. The van der Waals surface area contributed by atoms with E-state index in [9.17, 15) is 18.3 Å². The first-order valence-corrected chi connectivity index (χ1v) is 9.31. The van der Waals surface area contributed by atoms with E-state index in [2.05, 4.69) is 0 Å². The van der Waals surface area contributed by atoms with Gasteiger partial charge in [0.25, 0.3) is 0 Å². The Bertz CT molecular complexity index is 699. The molecule has 1 aromatic carbocycles. The predicted molar refractivity (Wildman–Crippen MR) is 86.2 cm³/mol. The summed E-state index contributed by atoms with van der Waals surface area (Å²) >= 11 is 11.6. The van der Waals surface area contributed by atoms with E-state index in [1.165, 1.54) is 10.4 Å². The number of carbonyl (C=O) groups is 1. The highest BCUT2D eigenvalue weighted by Crippen LogP contribution is 2.36. The predicted octanol–water partition coefficient (Wildman–Crippen LogP) is 2.66. The van der Waals surface area contributed by atoms with Gasteiger partial charge in [0, 0.05) is 18.1 Å². The Balaban J connectivity index is 2.18. The van der Waals surface area contributed by atoms with Crippen LogP contribution in [0.25, 0.3) is 0 Å². The summed E-state index contributed by atoms with van der Waals surface area (Å²) in [6, 6.07) is 2.43. The second-order valence-corrected chi connectivity index (χ2v) is 7.91. The molecule has 2 rings (SSSR count). The van der Waals surface area contributed by atoms with Gasteiger partial charge in [-0.15, -0.1) is 0 Å². The monoisotopic (exact) mass is 381 g/mol. The Morgan fingerprint density at radius 1 is 1.35 bits per heavy atom. The van der Waals surface area contributed by atoms with E-state index in [-0.39, 0.29) is 39.9 Å². The van der Waals surface area contributed by atoms with Crippen LogP contribution in [0.1, 0.15) is 19.8 Å². The molecule has 0 unspecified atom stereocenters. The highest BCUT2D eigenvalue weighted by atomic mass is 35.5. The zero-order chi connectivity index (χ0) is 17.2. The van der Waals surface area contributed by atoms with Crippen LogP contribution in [0.2, 0.25) is 10.0 Å². The van der Waals surface area contributed by atoms with Gasteiger partial charge >= 0.3 is 5.97 Å². The van der Waals surface area contributed by atoms with Gasteiger partial charge in [0.2, 0.25) is 10.0 Å². The number of aromatic hydroxyl groups is 1. The van der Waals surface area contributed by atoms with E-state index in [1.54, 1.807) is 6.92 Å². The Morgan fingerprint density at radius 3 is 2.52 bits per heavy atom. The quantitative estimate of drug-likeness (QED) is 0.810. The summed E-state index contributed by atoms with van der Waals surface area (Å²) in [6.07, 6.45) is 0.736. The molecule has 1 N–H and O–H groups in total. The average molecular weight is 382 g/mol. The fourth-order valence-electron chi connectivity index (χ4n) is 2.47. The Kier molecular flexibility index (Phi) is 5.78. The molecular weight excluding hydrogens is 365 g/mol. The maximum Gasteiger partial charge on any atom is 0.309 e. The maximum atomic E-state index is 12.6. The lowest BCUT2D eigenvalue weighted by Gasteiger charge is -2.30. The van der Waals surface area contributed by atoms with Gasteiger partial charge in [0.15, 0.2) is 5.75 Å². The topological polar surface area (TPSA) is 83.9 Å². The van der Waals surface area contributed by atoms with Gasteiger partial charge in [-0.05, 0) is 31.9 Å². The van der Waals surface area contributed by atoms with Crippen molar-refractivity contribution < 1.29 is 23.1 Å². The zero-order valence-corrected chi connectivity index (χ0v) is 14.8. The molecule has 0 radical (unpaired) electrons. The highest BCUT2D eigenvalue weighted by molar-refractivity contribution is 7.89. The lowest BCUT2D eigenvalue weighted by atomic mass is 9.98. The molecule has 0 aliphatic carbocycles. The number of phenolic OH excluding ortho intramolecular Hbond substituents is 1. The van der Waals surface area contributed by atoms with Gasteiger partial charge in [-0.1, -0.05) is 23.2 Å². The van der Waals surface area contributed by atoms with Gasteiger partial charge in [0.1, 0.15) is 4.90 Å². The van der Waals surface area contributed by atoms with Crippen LogP contribution in [-0.2, 0) is 19.6 Å². The number of benzene rings is 1. The maximum absolute atomic E-state index is 12.6. The summed E-state index contributed by atoms with van der Waals surface area (Å²) in [5, 5.41) is 9.92.